The molecule has 0 unspecified atom stereocenters. The number of nitrogens with one attached hydrogen (secondary N) is 1. The summed E-state index contributed by atoms with van der Waals surface area (Å²) in [5.41, 5.74) is 0.819. The number of methoxy groups -OCH3 is 1. The summed E-state index contributed by atoms with van der Waals surface area (Å²) in [6.45, 7) is 3.54. The van der Waals surface area contributed by atoms with E-state index in [0.29, 0.717) is 0 Å². The maximum absolute atomic E-state index is 13.1. The maximum atomic E-state index is 13.1. The van der Waals surface area contributed by atoms with E-state index in [1.54, 1.807) is 6.26 Å². The smallest absolute Gasteiger partial charge is 0.348 e. The lowest BCUT2D eigenvalue weighted by Crippen LogP contribution is -2.68. The van der Waals surface area contributed by atoms with E-state index in [9.17, 15) is 28.8 Å². The lowest BCUT2D eigenvalue weighted by atomic mass is 9.89. The first-order chi connectivity index (χ1) is 20.3. The van der Waals surface area contributed by atoms with Gasteiger partial charge in [-0.3, -0.25) is 24.0 Å². The molecule has 1 aromatic carbocycles. The van der Waals surface area contributed by atoms with Crippen molar-refractivity contribution in [1.29, 1.82) is 0 Å². The minimum Gasteiger partial charge on any atom is -0.466 e. The van der Waals surface area contributed by atoms with Crippen molar-refractivity contribution in [3.05, 3.63) is 35.9 Å². The molecule has 0 bridgehead atoms. The molecule has 1 saturated heterocycles. The van der Waals surface area contributed by atoms with Gasteiger partial charge in [-0.05, 0) is 11.8 Å². The monoisotopic (exact) mass is 627 g/mol. The highest BCUT2D eigenvalue weighted by Crippen LogP contribution is 2.41. The minimum atomic E-state index is -1.81. The average Bonchev–Trinajstić information content (AvgIpc) is 2.94. The molecule has 1 N–H and O–H groups in total. The van der Waals surface area contributed by atoms with E-state index in [1.807, 2.05) is 30.3 Å². The number of carbonyl (C=O) groups is 6. The van der Waals surface area contributed by atoms with E-state index in [-0.39, 0.29) is 13.0 Å². The molecule has 0 aliphatic carbocycles. The molecule has 14 nitrogen and oxygen atoms in total. The Morgan fingerprint density at radius 1 is 0.977 bits per heavy atom. The Labute approximate surface area is 253 Å². The van der Waals surface area contributed by atoms with Gasteiger partial charge in [0.2, 0.25) is 10.8 Å². The van der Waals surface area contributed by atoms with Gasteiger partial charge in [0.25, 0.3) is 0 Å². The molecule has 43 heavy (non-hydrogen) atoms. The number of hydrogen-bond acceptors (Lipinski definition) is 14. The topological polar surface area (TPSA) is 179 Å². The molecule has 238 valence electrons. The zero-order valence-electron chi connectivity index (χ0n) is 24.8. The summed E-state index contributed by atoms with van der Waals surface area (Å²) in [6, 6.07) is 7.82. The third-order valence-corrected chi connectivity index (χ3v) is 7.22. The normalized spacial score (nSPS) is 22.7. The highest BCUT2D eigenvalue weighted by atomic mass is 32.2. The van der Waals surface area contributed by atoms with E-state index in [1.165, 1.54) is 0 Å². The summed E-state index contributed by atoms with van der Waals surface area (Å²) < 4.78 is 38.2. The third kappa shape index (κ3) is 10.8. The Morgan fingerprint density at radius 3 is 2.16 bits per heavy atom. The number of thioether (sulfide) groups is 1. The second-order valence-electron chi connectivity index (χ2n) is 9.48. The number of benzene rings is 1. The van der Waals surface area contributed by atoms with Crippen LogP contribution in [0.25, 0.3) is 0 Å². The van der Waals surface area contributed by atoms with Crippen LogP contribution in [-0.2, 0) is 68.5 Å². The molecule has 1 aliphatic rings. The number of ether oxygens (including phenoxy) is 7. The molecule has 0 spiro atoms. The highest BCUT2D eigenvalue weighted by Gasteiger charge is 2.58. The van der Waals surface area contributed by atoms with Crippen LogP contribution >= 0.6 is 11.8 Å². The van der Waals surface area contributed by atoms with E-state index in [4.69, 9.17) is 33.2 Å². The second-order valence-corrected chi connectivity index (χ2v) is 10.5. The van der Waals surface area contributed by atoms with E-state index < -0.39 is 84.4 Å². The molecule has 1 heterocycles. The molecule has 1 aliphatic heterocycles. The molecule has 1 amide bonds. The fraction of sp³-hybridized carbons (Fsp3) is 0.571. The van der Waals surface area contributed by atoms with Crippen molar-refractivity contribution < 1.29 is 61.9 Å². The largest absolute Gasteiger partial charge is 0.466 e. The van der Waals surface area contributed by atoms with Gasteiger partial charge in [0.15, 0.2) is 12.2 Å². The number of hydrogen-bond donors (Lipinski definition) is 1. The number of esters is 5. The van der Waals surface area contributed by atoms with Crippen molar-refractivity contribution >= 4 is 47.5 Å². The third-order valence-electron chi connectivity index (χ3n) is 6.13. The number of rotatable bonds is 14. The van der Waals surface area contributed by atoms with Crippen LogP contribution in [0.15, 0.2) is 30.3 Å². The lowest BCUT2D eigenvalue weighted by Gasteiger charge is -2.48. The summed E-state index contributed by atoms with van der Waals surface area (Å²) in [5.74, 6) is -4.66. The number of amides is 1. The average molecular weight is 628 g/mol. The SMILES string of the molecule is COC(=O)[C@@]1(SC)C[C@H](OC(C)=O)[C@@H](NC(=O)COCc2ccccc2)[C@H]([C@H](OC(C)=O)[C@@H](COC(C)=O)OC(C)=O)O1. The summed E-state index contributed by atoms with van der Waals surface area (Å²) in [7, 11) is 1.13. The molecule has 15 heteroatoms. The molecule has 0 aromatic heterocycles. The first kappa shape index (κ1) is 35.5. The number of carbonyl (C=O) groups excluding carboxylic acids is 6. The molecular weight excluding hydrogens is 590 g/mol. The molecule has 0 saturated carbocycles. The quantitative estimate of drug-likeness (QED) is 0.229. The summed E-state index contributed by atoms with van der Waals surface area (Å²) in [6.07, 6.45) is -4.51. The van der Waals surface area contributed by atoms with Crippen LogP contribution in [0.2, 0.25) is 0 Å². The zero-order chi connectivity index (χ0) is 32.2. The van der Waals surface area contributed by atoms with Crippen LogP contribution in [0, 0.1) is 0 Å². The van der Waals surface area contributed by atoms with Crippen LogP contribution in [0.1, 0.15) is 39.7 Å². The first-order valence-corrected chi connectivity index (χ1v) is 14.4. The highest BCUT2D eigenvalue weighted by molar-refractivity contribution is 8.00. The van der Waals surface area contributed by atoms with Crippen LogP contribution in [-0.4, -0.2) is 97.7 Å². The van der Waals surface area contributed by atoms with Crippen LogP contribution in [0.3, 0.4) is 0 Å². The summed E-state index contributed by atoms with van der Waals surface area (Å²) >= 11 is 0.914. The maximum Gasteiger partial charge on any atom is 0.348 e. The zero-order valence-corrected chi connectivity index (χ0v) is 25.6. The second kappa shape index (κ2) is 16.8. The fourth-order valence-corrected chi connectivity index (χ4v) is 5.23. The van der Waals surface area contributed by atoms with E-state index in [2.05, 4.69) is 5.32 Å². The summed E-state index contributed by atoms with van der Waals surface area (Å²) in [4.78, 5) is 72.5. The Kier molecular flexibility index (Phi) is 13.9. The molecule has 0 radical (unpaired) electrons. The van der Waals surface area contributed by atoms with Gasteiger partial charge in [-0.15, -0.1) is 11.8 Å². The van der Waals surface area contributed by atoms with Gasteiger partial charge >= 0.3 is 29.8 Å². The predicted octanol–water partition coefficient (Wildman–Crippen LogP) is 1.07. The van der Waals surface area contributed by atoms with Crippen molar-refractivity contribution in [2.45, 2.75) is 76.1 Å². The van der Waals surface area contributed by atoms with Gasteiger partial charge in [-0.1, -0.05) is 30.3 Å². The molecule has 6 atom stereocenters. The van der Waals surface area contributed by atoms with Gasteiger partial charge in [0.05, 0.1) is 19.8 Å². The van der Waals surface area contributed by atoms with Crippen molar-refractivity contribution in [1.82, 2.24) is 5.32 Å². The molecule has 1 aromatic rings. The van der Waals surface area contributed by atoms with Crippen LogP contribution < -0.4 is 5.32 Å². The van der Waals surface area contributed by atoms with Gasteiger partial charge in [-0.25, -0.2) is 4.79 Å². The Bertz CT molecular complexity index is 1150. The fourth-order valence-electron chi connectivity index (χ4n) is 4.44. The van der Waals surface area contributed by atoms with Gasteiger partial charge in [-0.2, -0.15) is 0 Å². The van der Waals surface area contributed by atoms with Crippen molar-refractivity contribution in [2.75, 3.05) is 26.6 Å². The van der Waals surface area contributed by atoms with E-state index in [0.717, 1.165) is 52.1 Å². The van der Waals surface area contributed by atoms with Crippen molar-refractivity contribution in [2.24, 2.45) is 0 Å². The minimum absolute atomic E-state index is 0.122. The summed E-state index contributed by atoms with van der Waals surface area (Å²) in [5, 5.41) is 2.69. The lowest BCUT2D eigenvalue weighted by molar-refractivity contribution is -0.224. The standard InChI is InChI=1S/C28H37NO13S/c1-16(30)38-14-22(40-18(3)32)25(41-19(4)33)26-24(29-23(34)15-37-13-20-10-8-7-9-11-20)21(39-17(2)31)12-28(42-26,43-6)27(35)36-5/h7-11,21-22,24-26H,12-15H2,1-6H3,(H,29,34)/t21-,22+,24+,25+,26+,28-/m0/s1. The van der Waals surface area contributed by atoms with Crippen LogP contribution in [0.4, 0.5) is 0 Å². The first-order valence-electron chi connectivity index (χ1n) is 13.2. The van der Waals surface area contributed by atoms with Crippen LogP contribution in [0.5, 0.6) is 0 Å². The Hall–Kier alpha value is -3.69. The Balaban J connectivity index is 2.55. The van der Waals surface area contributed by atoms with Crippen molar-refractivity contribution in [3.63, 3.8) is 0 Å². The van der Waals surface area contributed by atoms with Gasteiger partial charge < -0.3 is 38.5 Å². The molecule has 1 fully saturated rings. The van der Waals surface area contributed by atoms with E-state index >= 15 is 0 Å². The van der Waals surface area contributed by atoms with Gasteiger partial charge in [0, 0.05) is 34.1 Å². The predicted molar refractivity (Wildman–Crippen MR) is 149 cm³/mol. The molecular formula is C28H37NO13S. The van der Waals surface area contributed by atoms with Gasteiger partial charge in [0.1, 0.15) is 25.4 Å². The molecule has 2 rings (SSSR count). The van der Waals surface area contributed by atoms with Crippen molar-refractivity contribution in [3.8, 4) is 0 Å². The Morgan fingerprint density at radius 2 is 1.63 bits per heavy atom.